The number of nitrogens with one attached hydrogen (secondary N) is 1. The molecule has 5 heteroatoms. The fraction of sp³-hybridized carbons (Fsp3) is 0.417. The van der Waals surface area contributed by atoms with Gasteiger partial charge in [0.2, 0.25) is 0 Å². The Balaban J connectivity index is 3.02. The molecule has 1 aromatic rings. The Morgan fingerprint density at radius 3 is 2.65 bits per heavy atom. The third-order valence-corrected chi connectivity index (χ3v) is 2.77. The van der Waals surface area contributed by atoms with E-state index in [0.717, 1.165) is 24.3 Å². The molecule has 0 saturated carbocycles. The number of aliphatic imine (C=N–C) groups is 1. The lowest BCUT2D eigenvalue weighted by atomic mass is 10.2. The average molecular weight is 274 g/mol. The number of nitrogens with two attached hydrogens (primary N) is 1. The lowest BCUT2D eigenvalue weighted by molar-refractivity contribution is 0.978. The van der Waals surface area contributed by atoms with E-state index in [0.29, 0.717) is 10.0 Å². The van der Waals surface area contributed by atoms with Gasteiger partial charge in [0.25, 0.3) is 0 Å². The molecule has 0 heterocycles. The van der Waals surface area contributed by atoms with Crippen molar-refractivity contribution in [2.45, 2.75) is 26.3 Å². The second-order valence-electron chi connectivity index (χ2n) is 3.85. The average Bonchev–Trinajstić information content (AvgIpc) is 2.28. The largest absolute Gasteiger partial charge is 0.383 e. The van der Waals surface area contributed by atoms with Crippen molar-refractivity contribution < 1.29 is 0 Å². The van der Waals surface area contributed by atoms with Crippen LogP contribution in [0.3, 0.4) is 0 Å². The summed E-state index contributed by atoms with van der Waals surface area (Å²) in [5, 5.41) is 4.27. The molecule has 1 atom stereocenters. The number of anilines is 1. The number of nitrogens with zero attached hydrogens (tertiary/aromatic N) is 1. The molecule has 1 aromatic carbocycles. The van der Waals surface area contributed by atoms with Gasteiger partial charge in [-0.25, -0.2) is 0 Å². The Hall–Kier alpha value is -0.770. The van der Waals surface area contributed by atoms with Crippen molar-refractivity contribution in [3.05, 3.63) is 22.2 Å². The first-order chi connectivity index (χ1) is 8.04. The van der Waals surface area contributed by atoms with E-state index in [-0.39, 0.29) is 6.04 Å². The minimum Gasteiger partial charge on any atom is -0.383 e. The fourth-order valence-electron chi connectivity index (χ4n) is 1.24. The molecule has 0 fully saturated rings. The zero-order chi connectivity index (χ0) is 12.8. The molecule has 1 unspecified atom stereocenters. The lowest BCUT2D eigenvalue weighted by Gasteiger charge is -2.10. The molecule has 0 spiro atoms. The van der Waals surface area contributed by atoms with Crippen molar-refractivity contribution in [2.24, 2.45) is 10.7 Å². The second kappa shape index (κ2) is 6.84. The maximum atomic E-state index is 5.98. The number of hydrogen-bond donors (Lipinski definition) is 2. The van der Waals surface area contributed by atoms with Crippen molar-refractivity contribution >= 4 is 40.8 Å². The molecule has 0 aromatic heterocycles. The Bertz CT molecular complexity index is 403. The maximum Gasteiger partial charge on any atom is 0.0873 e. The number of rotatable bonds is 5. The van der Waals surface area contributed by atoms with Crippen LogP contribution < -0.4 is 11.1 Å². The highest BCUT2D eigenvalue weighted by Gasteiger charge is 2.06. The second-order valence-corrected chi connectivity index (χ2v) is 4.66. The first-order valence-electron chi connectivity index (χ1n) is 5.57. The highest BCUT2D eigenvalue weighted by molar-refractivity contribution is 6.42. The van der Waals surface area contributed by atoms with Gasteiger partial charge in [0, 0.05) is 18.8 Å². The van der Waals surface area contributed by atoms with Crippen LogP contribution in [0, 0.1) is 0 Å². The summed E-state index contributed by atoms with van der Waals surface area (Å²) in [6.45, 7) is 4.81. The Kier molecular flexibility index (Phi) is 5.75. The molecule has 0 amide bonds. The number of benzene rings is 1. The summed E-state index contributed by atoms with van der Waals surface area (Å²) in [4.78, 5) is 4.30. The molecule has 0 aliphatic heterocycles. The van der Waals surface area contributed by atoms with E-state index in [2.05, 4.69) is 17.2 Å². The van der Waals surface area contributed by atoms with Crippen LogP contribution >= 0.6 is 23.2 Å². The van der Waals surface area contributed by atoms with Crippen molar-refractivity contribution in [1.82, 2.24) is 0 Å². The third kappa shape index (κ3) is 4.54. The minimum atomic E-state index is -0.0940. The summed E-state index contributed by atoms with van der Waals surface area (Å²) in [6, 6.07) is 3.43. The van der Waals surface area contributed by atoms with Crippen LogP contribution in [0.4, 0.5) is 11.4 Å². The molecule has 0 aliphatic rings. The molecule has 3 N–H and O–H groups in total. The van der Waals surface area contributed by atoms with Crippen LogP contribution in [0.1, 0.15) is 20.3 Å². The first-order valence-corrected chi connectivity index (χ1v) is 6.33. The van der Waals surface area contributed by atoms with Crippen molar-refractivity contribution in [3.8, 4) is 0 Å². The number of hydrogen-bond acceptors (Lipinski definition) is 3. The Morgan fingerprint density at radius 2 is 2.06 bits per heavy atom. The van der Waals surface area contributed by atoms with Gasteiger partial charge in [0.15, 0.2) is 0 Å². The van der Waals surface area contributed by atoms with Crippen LogP contribution in [0.25, 0.3) is 0 Å². The first kappa shape index (κ1) is 14.3. The number of halogens is 2. The van der Waals surface area contributed by atoms with Gasteiger partial charge >= 0.3 is 0 Å². The van der Waals surface area contributed by atoms with Crippen LogP contribution in [0.2, 0.25) is 10.0 Å². The topological polar surface area (TPSA) is 50.4 Å². The summed E-state index contributed by atoms with van der Waals surface area (Å²) < 4.78 is 0. The summed E-state index contributed by atoms with van der Waals surface area (Å²) in [5.41, 5.74) is 7.26. The fourth-order valence-corrected chi connectivity index (χ4v) is 1.56. The molecule has 0 radical (unpaired) electrons. The van der Waals surface area contributed by atoms with E-state index in [1.165, 1.54) is 0 Å². The molecule has 3 nitrogen and oxygen atoms in total. The van der Waals surface area contributed by atoms with Gasteiger partial charge in [0.05, 0.1) is 21.4 Å². The van der Waals surface area contributed by atoms with Crippen LogP contribution in [0.15, 0.2) is 17.1 Å². The predicted molar refractivity (Wildman–Crippen MR) is 77.0 cm³/mol. The van der Waals surface area contributed by atoms with Gasteiger partial charge in [-0.05, 0) is 25.5 Å². The molecule has 0 bridgehead atoms. The van der Waals surface area contributed by atoms with Gasteiger partial charge < -0.3 is 11.1 Å². The predicted octanol–water partition coefficient (Wildman–Crippen LogP) is 3.86. The van der Waals surface area contributed by atoms with Gasteiger partial charge in [-0.3, -0.25) is 4.99 Å². The molecular weight excluding hydrogens is 257 g/mol. The Labute approximate surface area is 112 Å². The van der Waals surface area contributed by atoms with E-state index in [1.807, 2.05) is 6.92 Å². The van der Waals surface area contributed by atoms with Gasteiger partial charge in [0.1, 0.15) is 0 Å². The van der Waals surface area contributed by atoms with Gasteiger partial charge in [-0.15, -0.1) is 0 Å². The van der Waals surface area contributed by atoms with Crippen LogP contribution in [-0.2, 0) is 0 Å². The molecule has 1 rings (SSSR count). The molecule has 94 valence electrons. The highest BCUT2D eigenvalue weighted by Crippen LogP contribution is 2.34. The molecule has 0 aliphatic carbocycles. The quantitative estimate of drug-likeness (QED) is 0.801. The minimum absolute atomic E-state index is 0.0940. The monoisotopic (exact) mass is 273 g/mol. The van der Waals surface area contributed by atoms with Crippen LogP contribution in [0.5, 0.6) is 0 Å². The van der Waals surface area contributed by atoms with E-state index in [1.54, 1.807) is 18.3 Å². The van der Waals surface area contributed by atoms with Crippen LogP contribution in [-0.4, -0.2) is 18.8 Å². The summed E-state index contributed by atoms with van der Waals surface area (Å²) in [6.07, 6.45) is 2.70. The van der Waals surface area contributed by atoms with Gasteiger partial charge in [-0.2, -0.15) is 0 Å². The summed E-state index contributed by atoms with van der Waals surface area (Å²) in [7, 11) is 0. The highest BCUT2D eigenvalue weighted by atomic mass is 35.5. The normalized spacial score (nSPS) is 13.0. The zero-order valence-electron chi connectivity index (χ0n) is 10.0. The Morgan fingerprint density at radius 1 is 1.41 bits per heavy atom. The van der Waals surface area contributed by atoms with Crippen molar-refractivity contribution in [1.29, 1.82) is 0 Å². The van der Waals surface area contributed by atoms with E-state index < -0.39 is 0 Å². The maximum absolute atomic E-state index is 5.98. The molecule has 17 heavy (non-hydrogen) atoms. The zero-order valence-corrected chi connectivity index (χ0v) is 11.5. The van der Waals surface area contributed by atoms with Gasteiger partial charge in [-0.1, -0.05) is 30.1 Å². The third-order valence-electron chi connectivity index (χ3n) is 2.05. The van der Waals surface area contributed by atoms with E-state index in [4.69, 9.17) is 28.9 Å². The van der Waals surface area contributed by atoms with E-state index in [9.17, 15) is 0 Å². The van der Waals surface area contributed by atoms with Crippen molar-refractivity contribution in [2.75, 3.05) is 11.9 Å². The van der Waals surface area contributed by atoms with Crippen molar-refractivity contribution in [3.63, 3.8) is 0 Å². The summed E-state index contributed by atoms with van der Waals surface area (Å²) >= 11 is 11.9. The molecular formula is C12H17Cl2N3. The van der Waals surface area contributed by atoms with E-state index >= 15 is 0 Å². The summed E-state index contributed by atoms with van der Waals surface area (Å²) in [5.74, 6) is 0. The molecule has 0 saturated heterocycles. The smallest absolute Gasteiger partial charge is 0.0873 e. The lowest BCUT2D eigenvalue weighted by Crippen LogP contribution is -2.15. The SMILES string of the molecule is CCCNc1cc(Cl)c(Cl)cc1N=CC(C)N. The standard InChI is InChI=1S/C12H17Cl2N3/c1-3-4-16-11-5-9(13)10(14)6-12(11)17-7-8(2)15/h5-8,16H,3-4,15H2,1-2H3.